The zero-order valence-corrected chi connectivity index (χ0v) is 15.7. The van der Waals surface area contributed by atoms with Gasteiger partial charge >= 0.3 is 0 Å². The second-order valence-corrected chi connectivity index (χ2v) is 8.28. The smallest absolute Gasteiger partial charge is 0.191 e. The van der Waals surface area contributed by atoms with Crippen molar-refractivity contribution in [3.8, 4) is 0 Å². The van der Waals surface area contributed by atoms with Crippen molar-refractivity contribution in [1.29, 1.82) is 0 Å². The number of hydrogen-bond acceptors (Lipinski definition) is 5. The zero-order valence-electron chi connectivity index (χ0n) is 14.1. The highest BCUT2D eigenvalue weighted by atomic mass is 35.5. The van der Waals surface area contributed by atoms with Crippen molar-refractivity contribution in [2.75, 3.05) is 0 Å². The van der Waals surface area contributed by atoms with Crippen LogP contribution in [-0.2, 0) is 9.84 Å². The lowest BCUT2D eigenvalue weighted by atomic mass is 10.1. The number of sulfone groups is 1. The first kappa shape index (κ1) is 19.9. The van der Waals surface area contributed by atoms with Gasteiger partial charge < -0.3 is 5.21 Å². The number of halogens is 3. The molecule has 0 radical (unpaired) electrons. The fourth-order valence-corrected chi connectivity index (χ4v) is 4.56. The number of oxime groups is 1. The third kappa shape index (κ3) is 4.02. The van der Waals surface area contributed by atoms with E-state index in [9.17, 15) is 17.2 Å². The maximum absolute atomic E-state index is 14.5. The minimum Gasteiger partial charge on any atom is -0.411 e. The molecule has 3 aromatic rings. The van der Waals surface area contributed by atoms with Crippen LogP contribution in [0.2, 0.25) is 5.02 Å². The highest BCUT2D eigenvalue weighted by Crippen LogP contribution is 2.36. The summed E-state index contributed by atoms with van der Waals surface area (Å²) >= 11 is 5.82. The molecule has 0 fully saturated rings. The number of aromatic nitrogens is 1. The van der Waals surface area contributed by atoms with E-state index >= 15 is 0 Å². The van der Waals surface area contributed by atoms with Crippen LogP contribution >= 0.6 is 11.6 Å². The predicted molar refractivity (Wildman–Crippen MR) is 100 cm³/mol. The molecule has 1 unspecified atom stereocenters. The standard InChI is InChI=1S/C19H13ClF2N2O3S/c20-13-2-5-15(6-3-13)28(26,27)19(16-9-14(21)4-7-17(16)22)18-8-1-12(10-23-18)11-24-25/h1-11,19,25H. The summed E-state index contributed by atoms with van der Waals surface area (Å²) in [4.78, 5) is 3.94. The highest BCUT2D eigenvalue weighted by molar-refractivity contribution is 7.91. The first-order chi connectivity index (χ1) is 13.3. The molecule has 0 bridgehead atoms. The molecular formula is C19H13ClF2N2O3S. The minimum atomic E-state index is -4.20. The van der Waals surface area contributed by atoms with Gasteiger partial charge in [0.15, 0.2) is 9.84 Å². The van der Waals surface area contributed by atoms with E-state index in [0.717, 1.165) is 24.4 Å². The van der Waals surface area contributed by atoms with Gasteiger partial charge in [0.2, 0.25) is 0 Å². The van der Waals surface area contributed by atoms with Crippen LogP contribution in [0.25, 0.3) is 0 Å². The zero-order chi connectivity index (χ0) is 20.3. The van der Waals surface area contributed by atoms with Crippen LogP contribution in [-0.4, -0.2) is 24.8 Å². The molecule has 0 amide bonds. The normalized spacial score (nSPS) is 13.0. The van der Waals surface area contributed by atoms with Crippen LogP contribution in [0.15, 0.2) is 70.8 Å². The fourth-order valence-electron chi connectivity index (χ4n) is 2.68. The lowest BCUT2D eigenvalue weighted by molar-refractivity contribution is 0.322. The quantitative estimate of drug-likeness (QED) is 0.376. The van der Waals surface area contributed by atoms with E-state index in [4.69, 9.17) is 16.8 Å². The van der Waals surface area contributed by atoms with Gasteiger partial charge in [-0.05, 0) is 54.6 Å². The van der Waals surface area contributed by atoms with Gasteiger partial charge in [-0.1, -0.05) is 16.8 Å². The van der Waals surface area contributed by atoms with Gasteiger partial charge in [0.05, 0.1) is 16.8 Å². The number of hydrogen-bond donors (Lipinski definition) is 1. The molecule has 3 rings (SSSR count). The van der Waals surface area contributed by atoms with Crippen molar-refractivity contribution >= 4 is 27.7 Å². The monoisotopic (exact) mass is 422 g/mol. The van der Waals surface area contributed by atoms with Gasteiger partial charge in [-0.2, -0.15) is 0 Å². The van der Waals surface area contributed by atoms with Crippen molar-refractivity contribution in [1.82, 2.24) is 4.98 Å². The van der Waals surface area contributed by atoms with Crippen molar-refractivity contribution in [3.63, 3.8) is 0 Å². The van der Waals surface area contributed by atoms with Gasteiger partial charge in [-0.3, -0.25) is 4.98 Å². The summed E-state index contributed by atoms with van der Waals surface area (Å²) in [5.41, 5.74) is 0.00849. The van der Waals surface area contributed by atoms with Gasteiger partial charge in [-0.15, -0.1) is 0 Å². The Bertz CT molecular complexity index is 1120. The topological polar surface area (TPSA) is 79.6 Å². The third-order valence-electron chi connectivity index (χ3n) is 3.98. The Hall–Kier alpha value is -2.84. The molecule has 0 aliphatic carbocycles. The summed E-state index contributed by atoms with van der Waals surface area (Å²) < 4.78 is 54.8. The largest absolute Gasteiger partial charge is 0.411 e. The van der Waals surface area contributed by atoms with E-state index in [1.54, 1.807) is 0 Å². The molecule has 0 aliphatic heterocycles. The van der Waals surface area contributed by atoms with Gasteiger partial charge in [-0.25, -0.2) is 17.2 Å². The Morgan fingerprint density at radius 3 is 2.39 bits per heavy atom. The maximum Gasteiger partial charge on any atom is 0.191 e. The molecule has 9 heteroatoms. The van der Waals surface area contributed by atoms with Crippen molar-refractivity contribution < 1.29 is 22.4 Å². The van der Waals surface area contributed by atoms with Crippen LogP contribution in [0.3, 0.4) is 0 Å². The van der Waals surface area contributed by atoms with E-state index in [1.165, 1.54) is 42.6 Å². The lowest BCUT2D eigenvalue weighted by Gasteiger charge is -2.19. The van der Waals surface area contributed by atoms with E-state index in [0.29, 0.717) is 10.6 Å². The molecular weight excluding hydrogens is 410 g/mol. The number of pyridine rings is 1. The summed E-state index contributed by atoms with van der Waals surface area (Å²) in [6, 6.07) is 10.7. The summed E-state index contributed by atoms with van der Waals surface area (Å²) in [7, 11) is -4.20. The van der Waals surface area contributed by atoms with Crippen LogP contribution in [0.1, 0.15) is 22.1 Å². The van der Waals surface area contributed by atoms with E-state index in [2.05, 4.69) is 10.1 Å². The molecule has 0 saturated heterocycles. The van der Waals surface area contributed by atoms with Gasteiger partial charge in [0, 0.05) is 22.3 Å². The van der Waals surface area contributed by atoms with E-state index < -0.39 is 26.7 Å². The molecule has 1 N–H and O–H groups in total. The SMILES string of the molecule is O=S(=O)(c1ccc(Cl)cc1)C(c1ccc(C=NO)cn1)c1cc(F)ccc1F. The average Bonchev–Trinajstić information content (AvgIpc) is 2.66. The average molecular weight is 423 g/mol. The first-order valence-electron chi connectivity index (χ1n) is 7.90. The molecule has 1 aromatic heterocycles. The Balaban J connectivity index is 2.22. The molecule has 0 spiro atoms. The van der Waals surface area contributed by atoms with Crippen LogP contribution in [0.5, 0.6) is 0 Å². The summed E-state index contributed by atoms with van der Waals surface area (Å²) in [5.74, 6) is -1.66. The molecule has 0 aliphatic rings. The third-order valence-corrected chi connectivity index (χ3v) is 6.27. The Morgan fingerprint density at radius 1 is 1.07 bits per heavy atom. The fraction of sp³-hybridized carbons (Fsp3) is 0.0526. The maximum atomic E-state index is 14.5. The molecule has 1 heterocycles. The van der Waals surface area contributed by atoms with Crippen molar-refractivity contribution in [3.05, 3.63) is 94.3 Å². The van der Waals surface area contributed by atoms with Crippen molar-refractivity contribution in [2.24, 2.45) is 5.16 Å². The summed E-state index contributed by atoms with van der Waals surface area (Å²) in [6.45, 7) is 0. The predicted octanol–water partition coefficient (Wildman–Crippen LogP) is 4.38. The van der Waals surface area contributed by atoms with Crippen LogP contribution in [0.4, 0.5) is 8.78 Å². The summed E-state index contributed by atoms with van der Waals surface area (Å²) in [5, 5.41) is 10.2. The number of rotatable bonds is 5. The second-order valence-electron chi connectivity index (χ2n) is 5.81. The number of benzene rings is 2. The molecule has 2 aromatic carbocycles. The second kappa shape index (κ2) is 8.04. The Morgan fingerprint density at radius 2 is 1.79 bits per heavy atom. The lowest BCUT2D eigenvalue weighted by Crippen LogP contribution is -2.18. The highest BCUT2D eigenvalue weighted by Gasteiger charge is 2.34. The molecule has 1 atom stereocenters. The Labute approximate surface area is 164 Å². The first-order valence-corrected chi connectivity index (χ1v) is 9.83. The van der Waals surface area contributed by atoms with Crippen LogP contribution in [0, 0.1) is 11.6 Å². The number of nitrogens with zero attached hydrogens (tertiary/aromatic N) is 2. The van der Waals surface area contributed by atoms with E-state index in [1.807, 2.05) is 0 Å². The minimum absolute atomic E-state index is 0.0189. The van der Waals surface area contributed by atoms with E-state index in [-0.39, 0.29) is 16.2 Å². The molecule has 144 valence electrons. The van der Waals surface area contributed by atoms with Gasteiger partial charge in [0.1, 0.15) is 16.9 Å². The Kier molecular flexibility index (Phi) is 5.71. The van der Waals surface area contributed by atoms with Crippen LogP contribution < -0.4 is 0 Å². The molecule has 28 heavy (non-hydrogen) atoms. The van der Waals surface area contributed by atoms with Crippen molar-refractivity contribution in [2.45, 2.75) is 10.1 Å². The molecule has 5 nitrogen and oxygen atoms in total. The summed E-state index contributed by atoms with van der Waals surface area (Å²) in [6.07, 6.45) is 2.36. The van der Waals surface area contributed by atoms with Gasteiger partial charge in [0.25, 0.3) is 0 Å². The molecule has 0 saturated carbocycles.